The zero-order valence-corrected chi connectivity index (χ0v) is 16.9. The van der Waals surface area contributed by atoms with Crippen LogP contribution in [0.4, 0.5) is 15.8 Å². The smallest absolute Gasteiger partial charge is 0.262 e. The molecule has 2 aromatic rings. The number of piperazine rings is 1. The second-order valence-corrected chi connectivity index (χ2v) is 7.03. The standard InChI is InChI=1S/C21H23ClFN3O3/c1-2-20(28)25-10-12-26(13-11-25)21-15(22)6-5-8-17(21)24-19(27)14-29-18-9-4-3-7-16(18)23/h3-9H,2,10-14H2,1H3,(H,24,27). The van der Waals surface area contributed by atoms with Crippen molar-refractivity contribution in [3.05, 3.63) is 53.3 Å². The summed E-state index contributed by atoms with van der Waals surface area (Å²) in [5.74, 6) is -0.798. The van der Waals surface area contributed by atoms with Crippen LogP contribution >= 0.6 is 11.6 Å². The highest BCUT2D eigenvalue weighted by molar-refractivity contribution is 6.34. The maximum atomic E-state index is 13.6. The van der Waals surface area contributed by atoms with Crippen LogP contribution in [0.1, 0.15) is 13.3 Å². The Balaban J connectivity index is 1.66. The molecule has 29 heavy (non-hydrogen) atoms. The molecule has 1 aliphatic rings. The van der Waals surface area contributed by atoms with Crippen LogP contribution in [0, 0.1) is 5.82 Å². The highest BCUT2D eigenvalue weighted by atomic mass is 35.5. The van der Waals surface area contributed by atoms with Crippen molar-refractivity contribution >= 4 is 34.8 Å². The number of para-hydroxylation sites is 2. The van der Waals surface area contributed by atoms with E-state index < -0.39 is 11.7 Å². The fourth-order valence-corrected chi connectivity index (χ4v) is 3.53. The number of amides is 2. The van der Waals surface area contributed by atoms with E-state index in [1.807, 2.05) is 11.8 Å². The zero-order chi connectivity index (χ0) is 20.8. The van der Waals surface area contributed by atoms with Gasteiger partial charge >= 0.3 is 0 Å². The first-order chi connectivity index (χ1) is 14.0. The number of rotatable bonds is 6. The summed E-state index contributed by atoms with van der Waals surface area (Å²) >= 11 is 6.41. The summed E-state index contributed by atoms with van der Waals surface area (Å²) in [4.78, 5) is 28.1. The van der Waals surface area contributed by atoms with Crippen molar-refractivity contribution in [1.82, 2.24) is 4.90 Å². The summed E-state index contributed by atoms with van der Waals surface area (Å²) in [5.41, 5.74) is 1.26. The van der Waals surface area contributed by atoms with Crippen molar-refractivity contribution in [2.75, 3.05) is 43.0 Å². The second kappa shape index (κ2) is 9.60. The molecule has 8 heteroatoms. The lowest BCUT2D eigenvalue weighted by atomic mass is 10.2. The van der Waals surface area contributed by atoms with Gasteiger partial charge in [0.15, 0.2) is 18.2 Å². The Morgan fingerprint density at radius 3 is 2.52 bits per heavy atom. The molecule has 3 rings (SSSR count). The van der Waals surface area contributed by atoms with Crippen LogP contribution in [-0.2, 0) is 9.59 Å². The van der Waals surface area contributed by atoms with Gasteiger partial charge in [-0.2, -0.15) is 0 Å². The van der Waals surface area contributed by atoms with Crippen LogP contribution in [-0.4, -0.2) is 49.5 Å². The van der Waals surface area contributed by atoms with Crippen LogP contribution in [0.25, 0.3) is 0 Å². The van der Waals surface area contributed by atoms with Gasteiger partial charge in [0, 0.05) is 32.6 Å². The number of carbonyl (C=O) groups excluding carboxylic acids is 2. The molecule has 0 saturated carbocycles. The molecule has 1 saturated heterocycles. The molecule has 1 fully saturated rings. The molecule has 0 aromatic heterocycles. The van der Waals surface area contributed by atoms with Gasteiger partial charge in [0.25, 0.3) is 5.91 Å². The minimum Gasteiger partial charge on any atom is -0.481 e. The van der Waals surface area contributed by atoms with E-state index in [9.17, 15) is 14.0 Å². The summed E-state index contributed by atoms with van der Waals surface area (Å²) in [6.45, 7) is 3.95. The number of benzene rings is 2. The number of nitrogens with one attached hydrogen (secondary N) is 1. The highest BCUT2D eigenvalue weighted by Gasteiger charge is 2.24. The number of anilines is 2. The van der Waals surface area contributed by atoms with Gasteiger partial charge in [0.2, 0.25) is 5.91 Å². The Kier molecular flexibility index (Phi) is 6.93. The Hall–Kier alpha value is -2.80. The molecule has 6 nitrogen and oxygen atoms in total. The van der Waals surface area contributed by atoms with Crippen LogP contribution in [0.5, 0.6) is 5.75 Å². The van der Waals surface area contributed by atoms with Crippen LogP contribution in [0.3, 0.4) is 0 Å². The highest BCUT2D eigenvalue weighted by Crippen LogP contribution is 2.34. The summed E-state index contributed by atoms with van der Waals surface area (Å²) in [6.07, 6.45) is 0.482. The molecule has 0 radical (unpaired) electrons. The molecule has 1 heterocycles. The third-order valence-electron chi connectivity index (χ3n) is 4.71. The monoisotopic (exact) mass is 419 g/mol. The number of nitrogens with zero attached hydrogens (tertiary/aromatic N) is 2. The summed E-state index contributed by atoms with van der Waals surface area (Å²) in [5, 5.41) is 3.30. The fraction of sp³-hybridized carbons (Fsp3) is 0.333. The van der Waals surface area contributed by atoms with Gasteiger partial charge in [-0.25, -0.2) is 4.39 Å². The Morgan fingerprint density at radius 1 is 1.10 bits per heavy atom. The third-order valence-corrected chi connectivity index (χ3v) is 5.01. The minimum absolute atomic E-state index is 0.0191. The Bertz CT molecular complexity index is 885. The number of hydrogen-bond donors (Lipinski definition) is 1. The second-order valence-electron chi connectivity index (χ2n) is 6.62. The first-order valence-electron chi connectivity index (χ1n) is 9.48. The molecule has 0 bridgehead atoms. The van der Waals surface area contributed by atoms with Crippen molar-refractivity contribution in [2.45, 2.75) is 13.3 Å². The van der Waals surface area contributed by atoms with Crippen LogP contribution in [0.15, 0.2) is 42.5 Å². The van der Waals surface area contributed by atoms with E-state index in [4.69, 9.17) is 16.3 Å². The van der Waals surface area contributed by atoms with Crippen LogP contribution < -0.4 is 15.0 Å². The van der Waals surface area contributed by atoms with E-state index in [0.717, 1.165) is 0 Å². The van der Waals surface area contributed by atoms with Crippen molar-refractivity contribution in [3.8, 4) is 5.75 Å². The maximum Gasteiger partial charge on any atom is 0.262 e. The zero-order valence-electron chi connectivity index (χ0n) is 16.2. The molecule has 0 unspecified atom stereocenters. The average molecular weight is 420 g/mol. The van der Waals surface area contributed by atoms with Gasteiger partial charge in [-0.15, -0.1) is 0 Å². The topological polar surface area (TPSA) is 61.9 Å². The van der Waals surface area contributed by atoms with Gasteiger partial charge < -0.3 is 19.9 Å². The van der Waals surface area contributed by atoms with E-state index in [1.165, 1.54) is 12.1 Å². The normalized spacial score (nSPS) is 13.9. The van der Waals surface area contributed by atoms with E-state index in [0.29, 0.717) is 49.0 Å². The quantitative estimate of drug-likeness (QED) is 0.777. The number of ether oxygens (including phenoxy) is 1. The molecule has 2 aromatic carbocycles. The summed E-state index contributed by atoms with van der Waals surface area (Å²) < 4.78 is 18.9. The molecule has 0 spiro atoms. The van der Waals surface area contributed by atoms with Gasteiger partial charge in [-0.05, 0) is 24.3 Å². The third kappa shape index (κ3) is 5.17. The van der Waals surface area contributed by atoms with Crippen LogP contribution in [0.2, 0.25) is 5.02 Å². The SMILES string of the molecule is CCC(=O)N1CCN(c2c(Cl)cccc2NC(=O)COc2ccccc2F)CC1. The minimum atomic E-state index is -0.525. The molecule has 1 N–H and O–H groups in total. The van der Waals surface area contributed by atoms with Crippen molar-refractivity contribution in [3.63, 3.8) is 0 Å². The van der Waals surface area contributed by atoms with Gasteiger partial charge in [0.1, 0.15) is 0 Å². The van der Waals surface area contributed by atoms with E-state index in [1.54, 1.807) is 30.3 Å². The fourth-order valence-electron chi connectivity index (χ4n) is 3.23. The predicted octanol–water partition coefficient (Wildman–Crippen LogP) is 3.56. The molecule has 0 aliphatic carbocycles. The van der Waals surface area contributed by atoms with Gasteiger partial charge in [-0.3, -0.25) is 9.59 Å². The van der Waals surface area contributed by atoms with Gasteiger partial charge in [0.05, 0.1) is 16.4 Å². The molecule has 0 atom stereocenters. The number of carbonyl (C=O) groups is 2. The lowest BCUT2D eigenvalue weighted by molar-refractivity contribution is -0.131. The van der Waals surface area contributed by atoms with E-state index >= 15 is 0 Å². The first-order valence-corrected chi connectivity index (χ1v) is 9.85. The van der Waals surface area contributed by atoms with E-state index in [2.05, 4.69) is 10.2 Å². The Morgan fingerprint density at radius 2 is 1.83 bits per heavy atom. The van der Waals surface area contributed by atoms with Crippen molar-refractivity contribution in [1.29, 1.82) is 0 Å². The number of hydrogen-bond acceptors (Lipinski definition) is 4. The molecular weight excluding hydrogens is 397 g/mol. The largest absolute Gasteiger partial charge is 0.481 e. The van der Waals surface area contributed by atoms with Crippen molar-refractivity contribution < 1.29 is 18.7 Å². The van der Waals surface area contributed by atoms with Crippen molar-refractivity contribution in [2.24, 2.45) is 0 Å². The average Bonchev–Trinajstić information content (AvgIpc) is 2.73. The number of halogens is 2. The molecule has 154 valence electrons. The molecule has 2 amide bonds. The molecular formula is C21H23ClFN3O3. The lowest BCUT2D eigenvalue weighted by Crippen LogP contribution is -2.48. The predicted molar refractivity (Wildman–Crippen MR) is 111 cm³/mol. The summed E-state index contributed by atoms with van der Waals surface area (Å²) in [7, 11) is 0. The maximum absolute atomic E-state index is 13.6. The first kappa shape index (κ1) is 20.9. The lowest BCUT2D eigenvalue weighted by Gasteiger charge is -2.37. The van der Waals surface area contributed by atoms with E-state index in [-0.39, 0.29) is 18.3 Å². The Labute approximate surface area is 174 Å². The molecule has 1 aliphatic heterocycles. The summed E-state index contributed by atoms with van der Waals surface area (Å²) in [6, 6.07) is 11.2. The van der Waals surface area contributed by atoms with Gasteiger partial charge in [-0.1, -0.05) is 36.7 Å².